The molecule has 0 saturated heterocycles. The summed E-state index contributed by atoms with van der Waals surface area (Å²) in [6, 6.07) is 12.2. The Balaban J connectivity index is 2.14. The number of rotatable bonds is 10. The average Bonchev–Trinajstić information content (AvgIpc) is 2.76. The topological polar surface area (TPSA) is 67.9 Å². The van der Waals surface area contributed by atoms with E-state index in [0.29, 0.717) is 17.1 Å². The molecule has 0 fully saturated rings. The van der Waals surface area contributed by atoms with Crippen LogP contribution in [0.1, 0.15) is 32.8 Å². The highest BCUT2D eigenvalue weighted by Gasteiger charge is 2.27. The van der Waals surface area contributed by atoms with Gasteiger partial charge in [0, 0.05) is 18.2 Å². The van der Waals surface area contributed by atoms with Crippen LogP contribution in [0.5, 0.6) is 11.5 Å². The third kappa shape index (κ3) is 6.47. The molecule has 6 nitrogen and oxygen atoms in total. The minimum absolute atomic E-state index is 0.0269. The molecule has 2 rings (SSSR count). The third-order valence-corrected chi connectivity index (χ3v) is 4.89. The molecule has 2 aromatic carbocycles. The molecule has 0 spiro atoms. The molecule has 2 atom stereocenters. The van der Waals surface area contributed by atoms with Gasteiger partial charge in [-0.25, -0.2) is 4.39 Å². The van der Waals surface area contributed by atoms with Crippen molar-refractivity contribution >= 4 is 11.8 Å². The van der Waals surface area contributed by atoms with Crippen LogP contribution < -0.4 is 14.8 Å². The van der Waals surface area contributed by atoms with E-state index in [-0.39, 0.29) is 25.1 Å². The summed E-state index contributed by atoms with van der Waals surface area (Å²) >= 11 is 0. The van der Waals surface area contributed by atoms with E-state index in [1.54, 1.807) is 56.5 Å². The summed E-state index contributed by atoms with van der Waals surface area (Å²) in [6.07, 6.45) is 0.764. The number of halogens is 1. The highest BCUT2D eigenvalue weighted by Crippen LogP contribution is 2.18. The maximum absolute atomic E-state index is 14.2. The first kappa shape index (κ1) is 23.2. The van der Waals surface area contributed by atoms with Crippen molar-refractivity contribution in [1.29, 1.82) is 0 Å². The molecule has 30 heavy (non-hydrogen) atoms. The van der Waals surface area contributed by atoms with Gasteiger partial charge in [-0.15, -0.1) is 0 Å². The van der Waals surface area contributed by atoms with Gasteiger partial charge in [0.1, 0.15) is 23.4 Å². The zero-order chi connectivity index (χ0) is 22.1. The molecule has 0 aromatic heterocycles. The SMILES string of the molecule is CC[C@H](C)NC(=O)[C@@H](C)N(Cc1ccccc1F)C(=O)COc1ccc(OC)cc1. The molecular formula is C23H29FN2O4. The van der Waals surface area contributed by atoms with Gasteiger partial charge in [-0.1, -0.05) is 25.1 Å². The third-order valence-electron chi connectivity index (χ3n) is 4.89. The van der Waals surface area contributed by atoms with E-state index in [4.69, 9.17) is 9.47 Å². The minimum atomic E-state index is -0.787. The molecule has 0 aliphatic rings. The second-order valence-electron chi connectivity index (χ2n) is 7.07. The van der Waals surface area contributed by atoms with Crippen molar-refractivity contribution in [1.82, 2.24) is 10.2 Å². The fourth-order valence-electron chi connectivity index (χ4n) is 2.76. The van der Waals surface area contributed by atoms with E-state index in [2.05, 4.69) is 5.32 Å². The second kappa shape index (κ2) is 11.2. The number of carbonyl (C=O) groups is 2. The largest absolute Gasteiger partial charge is 0.497 e. The van der Waals surface area contributed by atoms with Gasteiger partial charge < -0.3 is 19.7 Å². The molecule has 7 heteroatoms. The van der Waals surface area contributed by atoms with Crippen molar-refractivity contribution in [3.05, 3.63) is 59.9 Å². The predicted molar refractivity (Wildman–Crippen MR) is 113 cm³/mol. The van der Waals surface area contributed by atoms with Crippen molar-refractivity contribution in [2.45, 2.75) is 45.8 Å². The Morgan fingerprint density at radius 3 is 2.30 bits per heavy atom. The highest BCUT2D eigenvalue weighted by molar-refractivity contribution is 5.88. The summed E-state index contributed by atoms with van der Waals surface area (Å²) in [6.45, 7) is 5.17. The van der Waals surface area contributed by atoms with Gasteiger partial charge in [-0.2, -0.15) is 0 Å². The number of nitrogens with one attached hydrogen (secondary N) is 1. The molecule has 0 saturated carbocycles. The molecule has 1 N–H and O–H groups in total. The lowest BCUT2D eigenvalue weighted by Gasteiger charge is -2.29. The Bertz CT molecular complexity index is 841. The lowest BCUT2D eigenvalue weighted by Crippen LogP contribution is -2.50. The van der Waals surface area contributed by atoms with Crippen molar-refractivity contribution in [3.63, 3.8) is 0 Å². The molecule has 0 radical (unpaired) electrons. The number of methoxy groups -OCH3 is 1. The minimum Gasteiger partial charge on any atom is -0.497 e. The molecule has 162 valence electrons. The summed E-state index contributed by atoms with van der Waals surface area (Å²) in [7, 11) is 1.56. The Hall–Kier alpha value is -3.09. The zero-order valence-electron chi connectivity index (χ0n) is 17.9. The number of carbonyl (C=O) groups excluding carboxylic acids is 2. The molecule has 0 bridgehead atoms. The Morgan fingerprint density at radius 2 is 1.70 bits per heavy atom. The van der Waals surface area contributed by atoms with E-state index in [1.165, 1.54) is 11.0 Å². The Morgan fingerprint density at radius 1 is 1.07 bits per heavy atom. The summed E-state index contributed by atoms with van der Waals surface area (Å²) < 4.78 is 24.9. The maximum atomic E-state index is 14.2. The first-order chi connectivity index (χ1) is 14.3. The van der Waals surface area contributed by atoms with Gasteiger partial charge in [-0.05, 0) is 50.6 Å². The van der Waals surface area contributed by atoms with Gasteiger partial charge >= 0.3 is 0 Å². The van der Waals surface area contributed by atoms with Crippen LogP contribution in [0, 0.1) is 5.82 Å². The lowest BCUT2D eigenvalue weighted by atomic mass is 10.1. The Kier molecular flexibility index (Phi) is 8.65. The van der Waals surface area contributed by atoms with Crippen LogP contribution in [0.3, 0.4) is 0 Å². The van der Waals surface area contributed by atoms with Crippen LogP contribution in [0.4, 0.5) is 4.39 Å². The summed E-state index contributed by atoms with van der Waals surface area (Å²) in [5.41, 5.74) is 0.332. The van der Waals surface area contributed by atoms with E-state index in [0.717, 1.165) is 6.42 Å². The number of hydrogen-bond donors (Lipinski definition) is 1. The molecule has 0 unspecified atom stereocenters. The highest BCUT2D eigenvalue weighted by atomic mass is 19.1. The van der Waals surface area contributed by atoms with Crippen LogP contribution in [0.2, 0.25) is 0 Å². The summed E-state index contributed by atoms with van der Waals surface area (Å²) in [5, 5.41) is 2.87. The van der Waals surface area contributed by atoms with Crippen LogP contribution in [-0.4, -0.2) is 42.5 Å². The predicted octanol–water partition coefficient (Wildman–Crippen LogP) is 3.55. The van der Waals surface area contributed by atoms with Gasteiger partial charge in [-0.3, -0.25) is 9.59 Å². The smallest absolute Gasteiger partial charge is 0.261 e. The van der Waals surface area contributed by atoms with E-state index in [1.807, 2.05) is 13.8 Å². The number of amides is 2. The number of nitrogens with zero attached hydrogens (tertiary/aromatic N) is 1. The van der Waals surface area contributed by atoms with E-state index >= 15 is 0 Å². The maximum Gasteiger partial charge on any atom is 0.261 e. The number of benzene rings is 2. The summed E-state index contributed by atoms with van der Waals surface area (Å²) in [5.74, 6) is 0.0251. The van der Waals surface area contributed by atoms with Crippen LogP contribution >= 0.6 is 0 Å². The first-order valence-corrected chi connectivity index (χ1v) is 9.95. The van der Waals surface area contributed by atoms with Gasteiger partial charge in [0.05, 0.1) is 7.11 Å². The Labute approximate surface area is 177 Å². The monoisotopic (exact) mass is 416 g/mol. The fraction of sp³-hybridized carbons (Fsp3) is 0.391. The normalized spacial score (nSPS) is 12.6. The molecule has 2 amide bonds. The first-order valence-electron chi connectivity index (χ1n) is 9.95. The molecule has 0 heterocycles. The molecule has 2 aromatic rings. The number of hydrogen-bond acceptors (Lipinski definition) is 4. The van der Waals surface area contributed by atoms with Crippen molar-refractivity contribution in [3.8, 4) is 11.5 Å². The molecule has 0 aliphatic carbocycles. The van der Waals surface area contributed by atoms with Crippen LogP contribution in [-0.2, 0) is 16.1 Å². The van der Waals surface area contributed by atoms with E-state index < -0.39 is 17.8 Å². The summed E-state index contributed by atoms with van der Waals surface area (Å²) in [4.78, 5) is 26.9. The van der Waals surface area contributed by atoms with Gasteiger partial charge in [0.2, 0.25) is 5.91 Å². The quantitative estimate of drug-likeness (QED) is 0.643. The van der Waals surface area contributed by atoms with Gasteiger partial charge in [0.25, 0.3) is 5.91 Å². The second-order valence-corrected chi connectivity index (χ2v) is 7.07. The molecular weight excluding hydrogens is 387 g/mol. The van der Waals surface area contributed by atoms with Crippen molar-refractivity contribution < 1.29 is 23.5 Å². The van der Waals surface area contributed by atoms with Gasteiger partial charge in [0.15, 0.2) is 6.61 Å². The zero-order valence-corrected chi connectivity index (χ0v) is 17.9. The standard InChI is InChI=1S/C23H29FN2O4/c1-5-16(2)25-23(28)17(3)26(14-18-8-6-7-9-21(18)24)22(27)15-30-20-12-10-19(29-4)11-13-20/h6-13,16-17H,5,14-15H2,1-4H3,(H,25,28)/t16-,17+/m0/s1. The van der Waals surface area contributed by atoms with Crippen molar-refractivity contribution in [2.24, 2.45) is 0 Å². The van der Waals surface area contributed by atoms with Crippen LogP contribution in [0.15, 0.2) is 48.5 Å². The average molecular weight is 416 g/mol. The van der Waals surface area contributed by atoms with Crippen molar-refractivity contribution in [2.75, 3.05) is 13.7 Å². The fourth-order valence-corrected chi connectivity index (χ4v) is 2.76. The van der Waals surface area contributed by atoms with Crippen LogP contribution in [0.25, 0.3) is 0 Å². The molecule has 0 aliphatic heterocycles. The number of ether oxygens (including phenoxy) is 2. The lowest BCUT2D eigenvalue weighted by molar-refractivity contribution is -0.142. The van der Waals surface area contributed by atoms with E-state index in [9.17, 15) is 14.0 Å².